The van der Waals surface area contributed by atoms with E-state index in [4.69, 9.17) is 0 Å². The molecule has 0 rings (SSSR count). The van der Waals surface area contributed by atoms with E-state index in [1.54, 1.807) is 0 Å². The Labute approximate surface area is 289 Å². The van der Waals surface area contributed by atoms with Gasteiger partial charge in [-0.1, -0.05) is 172 Å². The number of hydrogen-bond donors (Lipinski definition) is 0. The molecule has 0 N–H and O–H groups in total. The standard InChI is InChI=1S/C45H92/c1-24-26(3)27(4)28(5)29(6)30(7)31(8)32(9)33(10)34(11)35(12)36(13)37(14)38(15)39(16)40(17)41(18)42(19)43(20)44(21)45(22,23)25-2/h26-44H,24-25H2,1-23H3. The zero-order valence-corrected chi connectivity index (χ0v) is 35.9. The lowest BCUT2D eigenvalue weighted by Crippen LogP contribution is -2.38. The van der Waals surface area contributed by atoms with Gasteiger partial charge in [-0.25, -0.2) is 0 Å². The van der Waals surface area contributed by atoms with Crippen LogP contribution in [0.4, 0.5) is 0 Å². The number of hydrogen-bond acceptors (Lipinski definition) is 0. The van der Waals surface area contributed by atoms with Gasteiger partial charge < -0.3 is 0 Å². The van der Waals surface area contributed by atoms with Gasteiger partial charge >= 0.3 is 0 Å². The van der Waals surface area contributed by atoms with Crippen molar-refractivity contribution in [1.29, 1.82) is 0 Å². The zero-order chi connectivity index (χ0) is 35.9. The summed E-state index contributed by atoms with van der Waals surface area (Å²) in [6.07, 6.45) is 2.56. The van der Waals surface area contributed by atoms with Crippen molar-refractivity contribution in [1.82, 2.24) is 0 Å². The van der Waals surface area contributed by atoms with E-state index in [-0.39, 0.29) is 0 Å². The summed E-state index contributed by atoms with van der Waals surface area (Å²) in [5.74, 6) is 14.3. The third kappa shape index (κ3) is 11.3. The fourth-order valence-electron chi connectivity index (χ4n) is 9.56. The Kier molecular flexibility index (Phi) is 19.3. The molecule has 0 aliphatic heterocycles. The molecule has 272 valence electrons. The zero-order valence-electron chi connectivity index (χ0n) is 35.9. The fraction of sp³-hybridized carbons (Fsp3) is 1.00. The van der Waals surface area contributed by atoms with Crippen molar-refractivity contribution in [2.45, 2.75) is 172 Å². The molecule has 0 heterocycles. The van der Waals surface area contributed by atoms with E-state index in [1.165, 1.54) is 12.8 Å². The van der Waals surface area contributed by atoms with E-state index in [0.717, 1.165) is 112 Å². The monoisotopic (exact) mass is 633 g/mol. The van der Waals surface area contributed by atoms with Crippen molar-refractivity contribution in [2.24, 2.45) is 118 Å². The molecular formula is C45H92. The summed E-state index contributed by atoms with van der Waals surface area (Å²) in [6, 6.07) is 0. The van der Waals surface area contributed by atoms with Gasteiger partial charge in [-0.2, -0.15) is 0 Å². The van der Waals surface area contributed by atoms with Crippen molar-refractivity contribution in [3.8, 4) is 0 Å². The molecule has 19 atom stereocenters. The van der Waals surface area contributed by atoms with Gasteiger partial charge in [-0.15, -0.1) is 0 Å². The van der Waals surface area contributed by atoms with Crippen LogP contribution in [0.15, 0.2) is 0 Å². The smallest absolute Gasteiger partial charge is 0.0329 e. The Morgan fingerprint density at radius 3 is 0.644 bits per heavy atom. The third-order valence-electron chi connectivity index (χ3n) is 17.7. The van der Waals surface area contributed by atoms with Crippen LogP contribution in [0, 0.1) is 118 Å². The first-order valence-corrected chi connectivity index (χ1v) is 20.4. The van der Waals surface area contributed by atoms with E-state index in [0.29, 0.717) is 5.41 Å². The Morgan fingerprint density at radius 1 is 0.289 bits per heavy atom. The predicted molar refractivity (Wildman–Crippen MR) is 208 cm³/mol. The third-order valence-corrected chi connectivity index (χ3v) is 17.7. The molecule has 0 aromatic heterocycles. The van der Waals surface area contributed by atoms with Gasteiger partial charge in [0.2, 0.25) is 0 Å². The molecule has 0 aliphatic rings. The maximum atomic E-state index is 2.59. The van der Waals surface area contributed by atoms with Crippen LogP contribution in [-0.4, -0.2) is 0 Å². The van der Waals surface area contributed by atoms with Crippen LogP contribution >= 0.6 is 0 Å². The second kappa shape index (κ2) is 19.3. The highest BCUT2D eigenvalue weighted by Gasteiger charge is 2.39. The molecule has 19 unspecified atom stereocenters. The Hall–Kier alpha value is 0. The van der Waals surface area contributed by atoms with Gasteiger partial charge in [-0.3, -0.25) is 0 Å². The van der Waals surface area contributed by atoms with Gasteiger partial charge in [0.25, 0.3) is 0 Å². The van der Waals surface area contributed by atoms with Crippen LogP contribution in [-0.2, 0) is 0 Å². The highest BCUT2D eigenvalue weighted by atomic mass is 14.4. The van der Waals surface area contributed by atoms with E-state index >= 15 is 0 Å². The minimum Gasteiger partial charge on any atom is -0.0651 e. The maximum Gasteiger partial charge on any atom is -0.0329 e. The summed E-state index contributed by atoms with van der Waals surface area (Å²) < 4.78 is 0. The predicted octanol–water partition coefficient (Wildman–Crippen LogP) is 14.9. The molecule has 0 aromatic carbocycles. The average molecular weight is 633 g/mol. The molecule has 0 aliphatic carbocycles. The molecule has 0 heteroatoms. The lowest BCUT2D eigenvalue weighted by molar-refractivity contribution is 0.0407. The van der Waals surface area contributed by atoms with Crippen LogP contribution in [0.2, 0.25) is 0 Å². The Morgan fingerprint density at radius 2 is 0.467 bits per heavy atom. The van der Waals surface area contributed by atoms with Crippen LogP contribution in [0.25, 0.3) is 0 Å². The summed E-state index contributed by atoms with van der Waals surface area (Å²) in [5, 5.41) is 0. The van der Waals surface area contributed by atoms with Crippen molar-refractivity contribution in [2.75, 3.05) is 0 Å². The second-order valence-corrected chi connectivity index (χ2v) is 19.1. The molecule has 0 bridgehead atoms. The van der Waals surface area contributed by atoms with Crippen LogP contribution in [0.5, 0.6) is 0 Å². The summed E-state index contributed by atoms with van der Waals surface area (Å²) in [5.41, 5.74) is 0.416. The first kappa shape index (κ1) is 45.0. The van der Waals surface area contributed by atoms with Crippen molar-refractivity contribution in [3.63, 3.8) is 0 Å². The summed E-state index contributed by atoms with van der Waals surface area (Å²) >= 11 is 0. The Balaban J connectivity index is 5.51. The first-order valence-electron chi connectivity index (χ1n) is 20.4. The second-order valence-electron chi connectivity index (χ2n) is 19.1. The molecule has 0 nitrogen and oxygen atoms in total. The molecule has 0 aromatic rings. The van der Waals surface area contributed by atoms with Crippen LogP contribution < -0.4 is 0 Å². The largest absolute Gasteiger partial charge is 0.0651 e. The summed E-state index contributed by atoms with van der Waals surface area (Å²) in [7, 11) is 0. The highest BCUT2D eigenvalue weighted by Crippen LogP contribution is 2.46. The maximum absolute atomic E-state index is 2.59. The number of rotatable bonds is 21. The van der Waals surface area contributed by atoms with Gasteiger partial charge in [0.05, 0.1) is 0 Å². The minimum absolute atomic E-state index is 0.416. The normalized spacial score (nSPS) is 25.9. The Bertz CT molecular complexity index is 779. The van der Waals surface area contributed by atoms with E-state index in [9.17, 15) is 0 Å². The molecule has 0 fully saturated rings. The topological polar surface area (TPSA) is 0 Å². The quantitative estimate of drug-likeness (QED) is 0.118. The van der Waals surface area contributed by atoms with Gasteiger partial charge in [0.15, 0.2) is 0 Å². The molecule has 0 amide bonds. The lowest BCUT2D eigenvalue weighted by Gasteiger charge is -2.45. The molecule has 0 radical (unpaired) electrons. The van der Waals surface area contributed by atoms with Gasteiger partial charge in [-0.05, 0) is 118 Å². The van der Waals surface area contributed by atoms with Crippen LogP contribution in [0.3, 0.4) is 0 Å². The van der Waals surface area contributed by atoms with Crippen molar-refractivity contribution in [3.05, 3.63) is 0 Å². The SMILES string of the molecule is CCC(C)C(C)C(C)C(C)C(C)C(C)C(C)C(C)C(C)C(C)C(C)C(C)C(C)C(C)C(C)C(C)C(C)C(C)C(C)C(C)(C)CC. The van der Waals surface area contributed by atoms with E-state index < -0.39 is 0 Å². The van der Waals surface area contributed by atoms with Gasteiger partial charge in [0, 0.05) is 0 Å². The average Bonchev–Trinajstić information content (AvgIpc) is 3.04. The summed E-state index contributed by atoms with van der Waals surface area (Å²) in [4.78, 5) is 0. The molecular weight excluding hydrogens is 540 g/mol. The van der Waals surface area contributed by atoms with Crippen molar-refractivity contribution >= 4 is 0 Å². The molecule has 0 saturated carbocycles. The lowest BCUT2D eigenvalue weighted by atomic mass is 9.61. The van der Waals surface area contributed by atoms with Crippen LogP contribution in [0.1, 0.15) is 172 Å². The van der Waals surface area contributed by atoms with Gasteiger partial charge in [0.1, 0.15) is 0 Å². The first-order chi connectivity index (χ1) is 20.4. The summed E-state index contributed by atoms with van der Waals surface area (Å²) in [6.45, 7) is 58.3. The highest BCUT2D eigenvalue weighted by molar-refractivity contribution is 4.88. The molecule has 0 spiro atoms. The van der Waals surface area contributed by atoms with E-state index in [1.807, 2.05) is 0 Å². The van der Waals surface area contributed by atoms with E-state index in [2.05, 4.69) is 159 Å². The minimum atomic E-state index is 0.416. The fourth-order valence-corrected chi connectivity index (χ4v) is 9.56. The van der Waals surface area contributed by atoms with Crippen molar-refractivity contribution < 1.29 is 0 Å². The molecule has 0 saturated heterocycles. The molecule has 45 heavy (non-hydrogen) atoms.